The van der Waals surface area contributed by atoms with Gasteiger partial charge in [-0.25, -0.2) is 0 Å². The van der Waals surface area contributed by atoms with E-state index in [1.807, 2.05) is 25.6 Å². The molecule has 1 unspecified atom stereocenters. The molecule has 0 aliphatic rings. The Morgan fingerprint density at radius 2 is 2.13 bits per heavy atom. The highest BCUT2D eigenvalue weighted by atomic mass is 15.3. The molecule has 0 aromatic carbocycles. The van der Waals surface area contributed by atoms with E-state index in [4.69, 9.17) is 5.73 Å². The Bertz CT molecular complexity index is 363. The van der Waals surface area contributed by atoms with Crippen molar-refractivity contribution < 1.29 is 0 Å². The largest absolute Gasteiger partial charge is 0.327 e. The Morgan fingerprint density at radius 1 is 1.53 bits per heavy atom. The van der Waals surface area contributed by atoms with Crippen LogP contribution in [0.25, 0.3) is 0 Å². The van der Waals surface area contributed by atoms with Gasteiger partial charge in [-0.1, -0.05) is 5.57 Å². The number of aromatic nitrogens is 2. The third-order valence-electron chi connectivity index (χ3n) is 2.74. The molecule has 1 aromatic rings. The molecule has 0 fully saturated rings. The van der Waals surface area contributed by atoms with E-state index in [1.54, 1.807) is 0 Å². The highest BCUT2D eigenvalue weighted by Gasteiger charge is 2.13. The fourth-order valence-electron chi connectivity index (χ4n) is 1.89. The van der Waals surface area contributed by atoms with Crippen LogP contribution in [-0.4, -0.2) is 15.8 Å². The Kier molecular flexibility index (Phi) is 3.69. The normalized spacial score (nSPS) is 12.9. The van der Waals surface area contributed by atoms with E-state index >= 15 is 0 Å². The van der Waals surface area contributed by atoms with E-state index in [2.05, 4.69) is 18.6 Å². The fraction of sp³-hybridized carbons (Fsp3) is 0.583. The maximum absolute atomic E-state index is 6.06. The Balaban J connectivity index is 2.76. The van der Waals surface area contributed by atoms with Gasteiger partial charge < -0.3 is 5.73 Å². The van der Waals surface area contributed by atoms with E-state index in [0.717, 1.165) is 24.1 Å². The van der Waals surface area contributed by atoms with Crippen LogP contribution in [0.2, 0.25) is 0 Å². The van der Waals surface area contributed by atoms with Crippen molar-refractivity contribution in [3.63, 3.8) is 0 Å². The Morgan fingerprint density at radius 3 is 2.53 bits per heavy atom. The van der Waals surface area contributed by atoms with Gasteiger partial charge in [-0.15, -0.1) is 6.58 Å². The summed E-state index contributed by atoms with van der Waals surface area (Å²) >= 11 is 0. The lowest BCUT2D eigenvalue weighted by molar-refractivity contribution is 0.655. The molecule has 2 N–H and O–H groups in total. The predicted molar refractivity (Wildman–Crippen MR) is 63.8 cm³/mol. The van der Waals surface area contributed by atoms with E-state index in [0.29, 0.717) is 0 Å². The van der Waals surface area contributed by atoms with Crippen LogP contribution in [0, 0.1) is 13.8 Å². The third kappa shape index (κ3) is 2.93. The molecule has 3 heteroatoms. The van der Waals surface area contributed by atoms with Crippen LogP contribution in [0.15, 0.2) is 12.2 Å². The lowest BCUT2D eigenvalue weighted by atomic mass is 10.00. The molecule has 0 aliphatic carbocycles. The minimum atomic E-state index is 0.157. The molecule has 0 saturated carbocycles. The molecule has 0 aliphatic heterocycles. The maximum Gasteiger partial charge on any atom is 0.0628 e. The predicted octanol–water partition coefficient (Wildman–Crippen LogP) is 1.87. The molecule has 1 rings (SSSR count). The second kappa shape index (κ2) is 4.62. The van der Waals surface area contributed by atoms with Crippen molar-refractivity contribution in [2.45, 2.75) is 39.7 Å². The zero-order valence-corrected chi connectivity index (χ0v) is 10.2. The molecule has 1 aromatic heterocycles. The summed E-state index contributed by atoms with van der Waals surface area (Å²) < 4.78 is 1.91. The number of nitrogens with zero attached hydrogens (tertiary/aromatic N) is 2. The third-order valence-corrected chi connectivity index (χ3v) is 2.74. The van der Waals surface area contributed by atoms with E-state index < -0.39 is 0 Å². The van der Waals surface area contributed by atoms with Gasteiger partial charge in [0.05, 0.1) is 5.69 Å². The standard InChI is InChI=1S/C12H21N3/c1-8(2)6-11(13)7-12-9(3)14-15(5)10(12)4/h11H,1,6-7,13H2,2-5H3. The molecule has 0 radical (unpaired) electrons. The summed E-state index contributed by atoms with van der Waals surface area (Å²) in [7, 11) is 1.97. The van der Waals surface area contributed by atoms with Crippen LogP contribution in [0.5, 0.6) is 0 Å². The highest BCUT2D eigenvalue weighted by Crippen LogP contribution is 2.15. The molecule has 84 valence electrons. The molecule has 1 atom stereocenters. The lowest BCUT2D eigenvalue weighted by Crippen LogP contribution is -2.23. The first-order chi connectivity index (χ1) is 6.91. The number of hydrogen-bond donors (Lipinski definition) is 1. The van der Waals surface area contributed by atoms with Crippen molar-refractivity contribution in [2.24, 2.45) is 12.8 Å². The quantitative estimate of drug-likeness (QED) is 0.766. The molecular weight excluding hydrogens is 186 g/mol. The average Bonchev–Trinajstić information content (AvgIpc) is 2.31. The first-order valence-electron chi connectivity index (χ1n) is 5.30. The number of aryl methyl sites for hydroxylation is 2. The van der Waals surface area contributed by atoms with E-state index in [1.165, 1.54) is 11.3 Å². The summed E-state index contributed by atoms with van der Waals surface area (Å²) in [5.41, 5.74) is 10.8. The van der Waals surface area contributed by atoms with E-state index in [9.17, 15) is 0 Å². The van der Waals surface area contributed by atoms with Crippen molar-refractivity contribution in [2.75, 3.05) is 0 Å². The van der Waals surface area contributed by atoms with Crippen LogP contribution in [0.3, 0.4) is 0 Å². The van der Waals surface area contributed by atoms with Crippen molar-refractivity contribution in [3.05, 3.63) is 29.1 Å². The molecule has 3 nitrogen and oxygen atoms in total. The van der Waals surface area contributed by atoms with Crippen LogP contribution in [0.1, 0.15) is 30.3 Å². The topological polar surface area (TPSA) is 43.8 Å². The first kappa shape index (κ1) is 12.0. The van der Waals surface area contributed by atoms with Crippen LogP contribution >= 0.6 is 0 Å². The van der Waals surface area contributed by atoms with Crippen molar-refractivity contribution in [1.29, 1.82) is 0 Å². The summed E-state index contributed by atoms with van der Waals surface area (Å²) in [6.07, 6.45) is 1.77. The van der Waals surface area contributed by atoms with Gasteiger partial charge in [-0.2, -0.15) is 5.10 Å². The van der Waals surface area contributed by atoms with Gasteiger partial charge >= 0.3 is 0 Å². The lowest BCUT2D eigenvalue weighted by Gasteiger charge is -2.11. The Labute approximate surface area is 92.0 Å². The SMILES string of the molecule is C=C(C)CC(N)Cc1c(C)nn(C)c1C. The maximum atomic E-state index is 6.06. The molecule has 15 heavy (non-hydrogen) atoms. The van der Waals surface area contributed by atoms with Gasteiger partial charge in [0.25, 0.3) is 0 Å². The molecular formula is C12H21N3. The minimum absolute atomic E-state index is 0.157. The number of nitrogens with two attached hydrogens (primary N) is 1. The van der Waals surface area contributed by atoms with Gasteiger partial charge in [0, 0.05) is 18.8 Å². The monoisotopic (exact) mass is 207 g/mol. The van der Waals surface area contributed by atoms with Gasteiger partial charge in [0.2, 0.25) is 0 Å². The van der Waals surface area contributed by atoms with Gasteiger partial charge in [-0.05, 0) is 39.2 Å². The average molecular weight is 207 g/mol. The zero-order chi connectivity index (χ0) is 11.6. The van der Waals surface area contributed by atoms with Crippen molar-refractivity contribution in [3.8, 4) is 0 Å². The molecule has 1 heterocycles. The molecule has 0 amide bonds. The summed E-state index contributed by atoms with van der Waals surface area (Å²) in [4.78, 5) is 0. The number of rotatable bonds is 4. The smallest absolute Gasteiger partial charge is 0.0628 e. The zero-order valence-electron chi connectivity index (χ0n) is 10.2. The van der Waals surface area contributed by atoms with E-state index in [-0.39, 0.29) is 6.04 Å². The summed E-state index contributed by atoms with van der Waals surface area (Å²) in [6.45, 7) is 10.0. The highest BCUT2D eigenvalue weighted by molar-refractivity contribution is 5.25. The summed E-state index contributed by atoms with van der Waals surface area (Å²) in [6, 6.07) is 0.157. The second-order valence-corrected chi connectivity index (χ2v) is 4.40. The first-order valence-corrected chi connectivity index (χ1v) is 5.30. The Hall–Kier alpha value is -1.09. The molecule has 0 bridgehead atoms. The number of hydrogen-bond acceptors (Lipinski definition) is 2. The van der Waals surface area contributed by atoms with Crippen LogP contribution < -0.4 is 5.73 Å². The van der Waals surface area contributed by atoms with Gasteiger partial charge in [-0.3, -0.25) is 4.68 Å². The van der Waals surface area contributed by atoms with Crippen molar-refractivity contribution in [1.82, 2.24) is 9.78 Å². The van der Waals surface area contributed by atoms with Gasteiger partial charge in [0.1, 0.15) is 0 Å². The summed E-state index contributed by atoms with van der Waals surface area (Å²) in [5, 5.41) is 4.38. The fourth-order valence-corrected chi connectivity index (χ4v) is 1.89. The summed E-state index contributed by atoms with van der Waals surface area (Å²) in [5.74, 6) is 0. The van der Waals surface area contributed by atoms with Crippen LogP contribution in [-0.2, 0) is 13.5 Å². The second-order valence-electron chi connectivity index (χ2n) is 4.40. The van der Waals surface area contributed by atoms with Crippen molar-refractivity contribution >= 4 is 0 Å². The minimum Gasteiger partial charge on any atom is -0.327 e. The molecule has 0 spiro atoms. The van der Waals surface area contributed by atoms with Gasteiger partial charge in [0.15, 0.2) is 0 Å². The molecule has 0 saturated heterocycles. The van der Waals surface area contributed by atoms with Crippen LogP contribution in [0.4, 0.5) is 0 Å².